The maximum absolute atomic E-state index is 13.1. The number of benzene rings is 3. The number of nitrogens with zero attached hydrogens (tertiary/aromatic N) is 1. The molecule has 3 aromatic carbocycles. The summed E-state index contributed by atoms with van der Waals surface area (Å²) in [6, 6.07) is 16.8. The smallest absolute Gasteiger partial charge is 0.335 e. The van der Waals surface area contributed by atoms with Gasteiger partial charge in [-0.2, -0.15) is 0 Å². The van der Waals surface area contributed by atoms with Crippen molar-refractivity contribution in [1.82, 2.24) is 5.32 Å². The summed E-state index contributed by atoms with van der Waals surface area (Å²) < 4.78 is 17.9. The van der Waals surface area contributed by atoms with Crippen LogP contribution in [0.2, 0.25) is 0 Å². The van der Waals surface area contributed by atoms with Crippen molar-refractivity contribution in [2.75, 3.05) is 25.2 Å². The lowest BCUT2D eigenvalue weighted by Gasteiger charge is -2.26. The van der Waals surface area contributed by atoms with E-state index in [4.69, 9.17) is 14.2 Å². The molecule has 1 fully saturated rings. The number of carbonyl (C=O) groups is 3. The molecule has 1 saturated heterocycles. The van der Waals surface area contributed by atoms with E-state index in [1.165, 1.54) is 13.2 Å². The quantitative estimate of drug-likeness (QED) is 0.229. The number of hydrogen-bond donors (Lipinski definition) is 1. The number of amides is 4. The van der Waals surface area contributed by atoms with Crippen molar-refractivity contribution in [2.24, 2.45) is 0 Å². The summed E-state index contributed by atoms with van der Waals surface area (Å²) in [5.74, 6) is 0.222. The van der Waals surface area contributed by atoms with Crippen LogP contribution >= 0.6 is 15.9 Å². The molecule has 4 amide bonds. The van der Waals surface area contributed by atoms with Crippen LogP contribution in [0.25, 0.3) is 6.08 Å². The molecule has 0 unspecified atom stereocenters. The van der Waals surface area contributed by atoms with Gasteiger partial charge in [-0.25, -0.2) is 9.69 Å². The van der Waals surface area contributed by atoms with Crippen LogP contribution in [0.3, 0.4) is 0 Å². The van der Waals surface area contributed by atoms with Crippen molar-refractivity contribution >= 4 is 45.5 Å². The van der Waals surface area contributed by atoms with Crippen LogP contribution in [-0.4, -0.2) is 38.2 Å². The van der Waals surface area contributed by atoms with Crippen LogP contribution in [0.15, 0.2) is 70.7 Å². The number of urea groups is 1. The Labute approximate surface area is 223 Å². The minimum Gasteiger partial charge on any atom is -0.493 e. The van der Waals surface area contributed by atoms with Crippen LogP contribution < -0.4 is 24.4 Å². The van der Waals surface area contributed by atoms with E-state index in [0.29, 0.717) is 29.4 Å². The molecule has 9 heteroatoms. The first-order valence-electron chi connectivity index (χ1n) is 11.4. The number of aryl methyl sites for hydroxylation is 2. The van der Waals surface area contributed by atoms with Gasteiger partial charge in [-0.05, 0) is 79.1 Å². The van der Waals surface area contributed by atoms with Crippen molar-refractivity contribution in [3.05, 3.63) is 87.4 Å². The Balaban J connectivity index is 1.48. The van der Waals surface area contributed by atoms with Crippen LogP contribution in [0.4, 0.5) is 10.5 Å². The van der Waals surface area contributed by atoms with E-state index in [0.717, 1.165) is 26.2 Å². The van der Waals surface area contributed by atoms with Gasteiger partial charge >= 0.3 is 6.03 Å². The van der Waals surface area contributed by atoms with Crippen molar-refractivity contribution in [2.45, 2.75) is 13.8 Å². The summed E-state index contributed by atoms with van der Waals surface area (Å²) in [5.41, 5.74) is 2.85. The molecule has 0 saturated carbocycles. The van der Waals surface area contributed by atoms with Crippen LogP contribution in [0, 0.1) is 13.8 Å². The second-order valence-electron chi connectivity index (χ2n) is 8.31. The zero-order valence-electron chi connectivity index (χ0n) is 20.5. The number of hydrogen-bond acceptors (Lipinski definition) is 6. The molecule has 0 bridgehead atoms. The van der Waals surface area contributed by atoms with Crippen LogP contribution in [0.5, 0.6) is 17.2 Å². The molecular weight excluding hydrogens is 540 g/mol. The monoisotopic (exact) mass is 564 g/mol. The van der Waals surface area contributed by atoms with E-state index in [1.54, 1.807) is 42.5 Å². The van der Waals surface area contributed by atoms with E-state index in [1.807, 2.05) is 32.0 Å². The predicted octanol–water partition coefficient (Wildman–Crippen LogP) is 5.20. The fraction of sp³-hybridized carbons (Fsp3) is 0.179. The molecule has 0 spiro atoms. The summed E-state index contributed by atoms with van der Waals surface area (Å²) in [5, 5.41) is 2.22. The molecule has 3 aromatic rings. The Hall–Kier alpha value is -4.11. The second kappa shape index (κ2) is 11.3. The van der Waals surface area contributed by atoms with Crippen molar-refractivity contribution in [1.29, 1.82) is 0 Å². The zero-order chi connectivity index (χ0) is 26.5. The molecule has 1 heterocycles. The third-order valence-electron chi connectivity index (χ3n) is 5.63. The molecule has 190 valence electrons. The summed E-state index contributed by atoms with van der Waals surface area (Å²) in [6.45, 7) is 4.62. The Bertz CT molecular complexity index is 1380. The lowest BCUT2D eigenvalue weighted by Crippen LogP contribution is -2.54. The molecular formula is C28H25BrN2O6. The van der Waals surface area contributed by atoms with Crippen LogP contribution in [-0.2, 0) is 9.59 Å². The fourth-order valence-electron chi connectivity index (χ4n) is 3.71. The van der Waals surface area contributed by atoms with E-state index < -0.39 is 17.8 Å². The summed E-state index contributed by atoms with van der Waals surface area (Å²) in [6.07, 6.45) is 1.41. The van der Waals surface area contributed by atoms with E-state index in [-0.39, 0.29) is 12.2 Å². The number of imide groups is 2. The molecule has 1 aliphatic rings. The first-order valence-corrected chi connectivity index (χ1v) is 12.2. The van der Waals surface area contributed by atoms with Crippen LogP contribution in [0.1, 0.15) is 16.7 Å². The maximum Gasteiger partial charge on any atom is 0.335 e. The molecule has 37 heavy (non-hydrogen) atoms. The number of ether oxygens (including phenoxy) is 3. The van der Waals surface area contributed by atoms with Gasteiger partial charge < -0.3 is 14.2 Å². The Morgan fingerprint density at radius 2 is 1.57 bits per heavy atom. The van der Waals surface area contributed by atoms with Gasteiger partial charge in [0.05, 0.1) is 12.8 Å². The van der Waals surface area contributed by atoms with Gasteiger partial charge in [0.15, 0.2) is 11.5 Å². The standard InChI is InChI=1S/C28H25BrN2O6/c1-17-4-5-18(2)24(14-17)37-13-12-36-23-11-6-19(16-25(23)35-3)15-22-26(32)30-28(34)31(27(22)33)21-9-7-20(29)8-10-21/h4-11,14-16H,12-13H2,1-3H3,(H,30,32,34). The Morgan fingerprint density at radius 3 is 2.27 bits per heavy atom. The molecule has 0 aromatic heterocycles. The molecule has 0 atom stereocenters. The van der Waals surface area contributed by atoms with Gasteiger partial charge in [0.2, 0.25) is 0 Å². The molecule has 0 radical (unpaired) electrons. The van der Waals surface area contributed by atoms with Gasteiger partial charge in [0.1, 0.15) is 24.5 Å². The highest BCUT2D eigenvalue weighted by atomic mass is 79.9. The number of methoxy groups -OCH3 is 1. The van der Waals surface area contributed by atoms with Gasteiger partial charge in [0.25, 0.3) is 11.8 Å². The number of halogens is 1. The van der Waals surface area contributed by atoms with E-state index >= 15 is 0 Å². The highest BCUT2D eigenvalue weighted by Crippen LogP contribution is 2.30. The van der Waals surface area contributed by atoms with Crippen molar-refractivity contribution < 1.29 is 28.6 Å². The van der Waals surface area contributed by atoms with Gasteiger partial charge in [-0.1, -0.05) is 34.1 Å². The average Bonchev–Trinajstić information content (AvgIpc) is 2.87. The maximum atomic E-state index is 13.1. The third kappa shape index (κ3) is 6.00. The first kappa shape index (κ1) is 26.0. The minimum absolute atomic E-state index is 0.180. The third-order valence-corrected chi connectivity index (χ3v) is 6.16. The summed E-state index contributed by atoms with van der Waals surface area (Å²) in [4.78, 5) is 38.9. The molecule has 0 aliphatic carbocycles. The number of carbonyl (C=O) groups excluding carboxylic acids is 3. The molecule has 1 aliphatic heterocycles. The lowest BCUT2D eigenvalue weighted by atomic mass is 10.1. The van der Waals surface area contributed by atoms with Crippen molar-refractivity contribution in [3.63, 3.8) is 0 Å². The highest BCUT2D eigenvalue weighted by molar-refractivity contribution is 9.10. The SMILES string of the molecule is COc1cc(C=C2C(=O)NC(=O)N(c3ccc(Br)cc3)C2=O)ccc1OCCOc1cc(C)ccc1C. The minimum atomic E-state index is -0.807. The fourth-order valence-corrected chi connectivity index (χ4v) is 3.97. The average molecular weight is 565 g/mol. The lowest BCUT2D eigenvalue weighted by molar-refractivity contribution is -0.122. The first-order chi connectivity index (χ1) is 17.8. The topological polar surface area (TPSA) is 94.2 Å². The van der Waals surface area contributed by atoms with Gasteiger partial charge in [-0.3, -0.25) is 14.9 Å². The van der Waals surface area contributed by atoms with Crippen molar-refractivity contribution in [3.8, 4) is 17.2 Å². The number of rotatable bonds is 8. The summed E-state index contributed by atoms with van der Waals surface area (Å²) in [7, 11) is 1.50. The largest absolute Gasteiger partial charge is 0.493 e. The molecule has 1 N–H and O–H groups in total. The number of nitrogens with one attached hydrogen (secondary N) is 1. The molecule has 4 rings (SSSR count). The predicted molar refractivity (Wildman–Crippen MR) is 143 cm³/mol. The number of anilines is 1. The normalized spacial score (nSPS) is 14.5. The van der Waals surface area contributed by atoms with E-state index in [9.17, 15) is 14.4 Å². The number of barbiturate groups is 1. The second-order valence-corrected chi connectivity index (χ2v) is 9.23. The Kier molecular flexibility index (Phi) is 7.93. The van der Waals surface area contributed by atoms with Gasteiger partial charge in [0, 0.05) is 4.47 Å². The van der Waals surface area contributed by atoms with E-state index in [2.05, 4.69) is 21.2 Å². The molecule has 8 nitrogen and oxygen atoms in total. The summed E-state index contributed by atoms with van der Waals surface area (Å²) >= 11 is 3.32. The zero-order valence-corrected chi connectivity index (χ0v) is 22.1. The van der Waals surface area contributed by atoms with Gasteiger partial charge in [-0.15, -0.1) is 0 Å². The Morgan fingerprint density at radius 1 is 0.865 bits per heavy atom. The highest BCUT2D eigenvalue weighted by Gasteiger charge is 2.36.